The Hall–Kier alpha value is -0.640. The second-order valence-electron chi connectivity index (χ2n) is 15.9. The highest BCUT2D eigenvalue weighted by molar-refractivity contribution is 4.96. The zero-order valence-corrected chi connectivity index (χ0v) is 33.6. The van der Waals surface area contributed by atoms with Gasteiger partial charge in [0.05, 0.1) is 19.8 Å². The average Bonchev–Trinajstić information content (AvgIpc) is 3.20. The molecule has 332 valence electrons. The first-order valence-corrected chi connectivity index (χ1v) is 21.6. The zero-order valence-electron chi connectivity index (χ0n) is 33.6. The maximum atomic E-state index is 11.2. The van der Waals surface area contributed by atoms with Crippen molar-refractivity contribution in [2.45, 2.75) is 227 Å². The maximum Gasteiger partial charge on any atom is 0.187 e. The standard InChI is InChI=1S/C40H76O16/c1-2-3-4-5-6-7-8-9-10-11-12-13-14-15-16-17-18-19-20-21-22-51-38-34(49)36(30(45)27(24-42)52-38)56-40-35(50)37(31(46)28(25-43)54-40)55-39-33(48)32(47)29(44)26(23-41)53-39/h26-50H,2-25H2,1H3/t26-,27-,28-,29-,30-,31-,32+,33-,34-,35-,36+,37+,38-,39+,40+/m1/s1. The van der Waals surface area contributed by atoms with E-state index in [2.05, 4.69) is 6.92 Å². The summed E-state index contributed by atoms with van der Waals surface area (Å²) in [7, 11) is 0. The van der Waals surface area contributed by atoms with E-state index in [1.165, 1.54) is 103 Å². The summed E-state index contributed by atoms with van der Waals surface area (Å²) in [6.07, 6.45) is 1.02. The average molecular weight is 813 g/mol. The number of aliphatic hydroxyl groups excluding tert-OH is 10. The molecule has 0 saturated carbocycles. The lowest BCUT2D eigenvalue weighted by Gasteiger charge is -2.48. The van der Waals surface area contributed by atoms with Gasteiger partial charge in [0, 0.05) is 6.61 Å². The summed E-state index contributed by atoms with van der Waals surface area (Å²) in [5, 5.41) is 104. The summed E-state index contributed by atoms with van der Waals surface area (Å²) < 4.78 is 33.7. The number of hydrogen-bond donors (Lipinski definition) is 10. The first kappa shape index (κ1) is 49.7. The van der Waals surface area contributed by atoms with Crippen molar-refractivity contribution in [2.75, 3.05) is 26.4 Å². The molecule has 3 aliphatic heterocycles. The van der Waals surface area contributed by atoms with Crippen LogP contribution in [-0.2, 0) is 28.4 Å². The molecule has 15 atom stereocenters. The molecular formula is C40H76O16. The highest BCUT2D eigenvalue weighted by Crippen LogP contribution is 2.33. The van der Waals surface area contributed by atoms with Crippen LogP contribution in [0.4, 0.5) is 0 Å². The Morgan fingerprint density at radius 2 is 0.679 bits per heavy atom. The first-order chi connectivity index (χ1) is 27.1. The minimum atomic E-state index is -1.89. The molecule has 3 aliphatic rings. The summed E-state index contributed by atoms with van der Waals surface area (Å²) in [6.45, 7) is 0.311. The van der Waals surface area contributed by atoms with Crippen LogP contribution in [0.3, 0.4) is 0 Å². The quantitative estimate of drug-likeness (QED) is 0.0477. The summed E-state index contributed by atoms with van der Waals surface area (Å²) in [5.74, 6) is 0. The van der Waals surface area contributed by atoms with Gasteiger partial charge >= 0.3 is 0 Å². The second kappa shape index (κ2) is 28.0. The van der Waals surface area contributed by atoms with E-state index in [0.717, 1.165) is 19.3 Å². The molecule has 3 saturated heterocycles. The lowest BCUT2D eigenvalue weighted by molar-refractivity contribution is -0.381. The smallest absolute Gasteiger partial charge is 0.187 e. The van der Waals surface area contributed by atoms with Crippen molar-refractivity contribution >= 4 is 0 Å². The van der Waals surface area contributed by atoms with Gasteiger partial charge in [-0.25, -0.2) is 0 Å². The minimum Gasteiger partial charge on any atom is -0.394 e. The van der Waals surface area contributed by atoms with Gasteiger partial charge in [0.1, 0.15) is 73.2 Å². The van der Waals surface area contributed by atoms with Crippen molar-refractivity contribution in [3.05, 3.63) is 0 Å². The fraction of sp³-hybridized carbons (Fsp3) is 1.00. The van der Waals surface area contributed by atoms with E-state index in [-0.39, 0.29) is 6.61 Å². The van der Waals surface area contributed by atoms with Crippen LogP contribution in [0, 0.1) is 0 Å². The third kappa shape index (κ3) is 15.8. The fourth-order valence-corrected chi connectivity index (χ4v) is 7.72. The number of hydrogen-bond acceptors (Lipinski definition) is 16. The Morgan fingerprint density at radius 1 is 0.357 bits per heavy atom. The van der Waals surface area contributed by atoms with Crippen molar-refractivity contribution in [3.63, 3.8) is 0 Å². The number of unbranched alkanes of at least 4 members (excludes halogenated alkanes) is 19. The molecule has 0 bridgehead atoms. The number of ether oxygens (including phenoxy) is 6. The largest absolute Gasteiger partial charge is 0.394 e. The minimum absolute atomic E-state index is 0.234. The van der Waals surface area contributed by atoms with E-state index in [1.54, 1.807) is 0 Å². The van der Waals surface area contributed by atoms with Crippen LogP contribution in [0.2, 0.25) is 0 Å². The van der Waals surface area contributed by atoms with Gasteiger partial charge in [0.25, 0.3) is 0 Å². The molecule has 0 aromatic heterocycles. The van der Waals surface area contributed by atoms with Crippen molar-refractivity contribution in [1.29, 1.82) is 0 Å². The highest BCUT2D eigenvalue weighted by atomic mass is 16.8. The molecule has 0 aromatic rings. The van der Waals surface area contributed by atoms with Crippen LogP contribution in [0.5, 0.6) is 0 Å². The normalized spacial score (nSPS) is 36.6. The molecule has 16 nitrogen and oxygen atoms in total. The summed E-state index contributed by atoms with van der Waals surface area (Å²) in [6, 6.07) is 0. The van der Waals surface area contributed by atoms with Crippen LogP contribution in [0.25, 0.3) is 0 Å². The lowest BCUT2D eigenvalue weighted by atomic mass is 9.96. The topological polar surface area (TPSA) is 258 Å². The first-order valence-electron chi connectivity index (χ1n) is 21.6. The predicted molar refractivity (Wildman–Crippen MR) is 203 cm³/mol. The monoisotopic (exact) mass is 813 g/mol. The molecule has 10 N–H and O–H groups in total. The molecule has 3 rings (SSSR count). The van der Waals surface area contributed by atoms with E-state index < -0.39 is 112 Å². The van der Waals surface area contributed by atoms with E-state index in [1.807, 2.05) is 0 Å². The van der Waals surface area contributed by atoms with E-state index in [4.69, 9.17) is 28.4 Å². The van der Waals surface area contributed by atoms with Crippen LogP contribution in [-0.4, -0.2) is 170 Å². The van der Waals surface area contributed by atoms with Gasteiger partial charge < -0.3 is 79.5 Å². The molecular weight excluding hydrogens is 736 g/mol. The summed E-state index contributed by atoms with van der Waals surface area (Å²) in [4.78, 5) is 0. The van der Waals surface area contributed by atoms with Gasteiger partial charge in [-0.2, -0.15) is 0 Å². The Morgan fingerprint density at radius 3 is 1.07 bits per heavy atom. The molecule has 16 heteroatoms. The predicted octanol–water partition coefficient (Wildman–Crippen LogP) is 1.27. The van der Waals surface area contributed by atoms with Crippen molar-refractivity contribution in [2.24, 2.45) is 0 Å². The molecule has 0 aromatic carbocycles. The summed E-state index contributed by atoms with van der Waals surface area (Å²) >= 11 is 0. The van der Waals surface area contributed by atoms with Crippen molar-refractivity contribution < 1.29 is 79.5 Å². The second-order valence-corrected chi connectivity index (χ2v) is 15.9. The van der Waals surface area contributed by atoms with Gasteiger partial charge in [-0.15, -0.1) is 0 Å². The molecule has 0 aliphatic carbocycles. The van der Waals surface area contributed by atoms with Gasteiger partial charge in [0.2, 0.25) is 0 Å². The van der Waals surface area contributed by atoms with Crippen LogP contribution < -0.4 is 0 Å². The zero-order chi connectivity index (χ0) is 40.9. The van der Waals surface area contributed by atoms with Crippen molar-refractivity contribution in [3.8, 4) is 0 Å². The Kier molecular flexibility index (Phi) is 24.9. The van der Waals surface area contributed by atoms with Crippen LogP contribution in [0.1, 0.15) is 135 Å². The lowest BCUT2D eigenvalue weighted by Crippen LogP contribution is -2.67. The third-order valence-electron chi connectivity index (χ3n) is 11.4. The summed E-state index contributed by atoms with van der Waals surface area (Å²) in [5.41, 5.74) is 0. The molecule has 3 heterocycles. The van der Waals surface area contributed by atoms with E-state index in [0.29, 0.717) is 6.42 Å². The van der Waals surface area contributed by atoms with Crippen molar-refractivity contribution in [1.82, 2.24) is 0 Å². The molecule has 3 fully saturated rings. The molecule has 0 amide bonds. The molecule has 0 unspecified atom stereocenters. The highest BCUT2D eigenvalue weighted by Gasteiger charge is 2.53. The number of aliphatic hydroxyl groups is 10. The maximum absolute atomic E-state index is 11.2. The van der Waals surface area contributed by atoms with Gasteiger partial charge in [-0.1, -0.05) is 129 Å². The Labute approximate surface area is 333 Å². The van der Waals surface area contributed by atoms with Crippen LogP contribution in [0.15, 0.2) is 0 Å². The van der Waals surface area contributed by atoms with Gasteiger partial charge in [-0.05, 0) is 6.42 Å². The SMILES string of the molecule is CCCCCCCCCCCCCCCCCCCCCCO[C@@H]1O[C@H](CO)[C@@H](O)[C@H](O[C@@H]2O[C@H](CO)[C@@H](O)[C@H](O[C@@H]3O[C@H](CO)[C@@H](O)[C@H](O)[C@H]3O)[C@H]2O)[C@H]1O. The number of rotatable bonds is 29. The third-order valence-corrected chi connectivity index (χ3v) is 11.4. The van der Waals surface area contributed by atoms with E-state index >= 15 is 0 Å². The fourth-order valence-electron chi connectivity index (χ4n) is 7.72. The Balaban J connectivity index is 1.34. The van der Waals surface area contributed by atoms with Gasteiger partial charge in [-0.3, -0.25) is 0 Å². The van der Waals surface area contributed by atoms with E-state index in [9.17, 15) is 51.1 Å². The molecule has 0 radical (unpaired) electrons. The molecule has 56 heavy (non-hydrogen) atoms. The van der Waals surface area contributed by atoms with Gasteiger partial charge in [0.15, 0.2) is 18.9 Å². The van der Waals surface area contributed by atoms with Crippen LogP contribution >= 0.6 is 0 Å². The molecule has 0 spiro atoms. The Bertz CT molecular complexity index is 981.